The van der Waals surface area contributed by atoms with Gasteiger partial charge in [-0.3, -0.25) is 0 Å². The van der Waals surface area contributed by atoms with E-state index in [2.05, 4.69) is 21.2 Å². The van der Waals surface area contributed by atoms with Crippen molar-refractivity contribution in [2.45, 2.75) is 13.0 Å². The fourth-order valence-electron chi connectivity index (χ4n) is 2.15. The molecule has 0 fully saturated rings. The van der Waals surface area contributed by atoms with Crippen LogP contribution in [0, 0.1) is 18.6 Å². The van der Waals surface area contributed by atoms with Gasteiger partial charge in [0.1, 0.15) is 0 Å². The molecule has 0 aliphatic rings. The van der Waals surface area contributed by atoms with Crippen LogP contribution in [0.15, 0.2) is 40.9 Å². The molecule has 0 bridgehead atoms. The molecule has 0 aliphatic carbocycles. The summed E-state index contributed by atoms with van der Waals surface area (Å²) in [5.74, 6) is -1.71. The van der Waals surface area contributed by atoms with E-state index in [1.807, 2.05) is 31.2 Å². The van der Waals surface area contributed by atoms with Gasteiger partial charge in [0, 0.05) is 0 Å². The molecule has 0 heterocycles. The van der Waals surface area contributed by atoms with E-state index in [1.54, 1.807) is 13.1 Å². The Morgan fingerprint density at radius 3 is 2.37 bits per heavy atom. The molecular weight excluding hydrogens is 312 g/mol. The van der Waals surface area contributed by atoms with Gasteiger partial charge in [-0.1, -0.05) is 30.3 Å². The minimum absolute atomic E-state index is 0.162. The fourth-order valence-corrected chi connectivity index (χ4v) is 2.70. The average Bonchev–Trinajstić information content (AvgIpc) is 2.41. The Kier molecular flexibility index (Phi) is 4.32. The van der Waals surface area contributed by atoms with Crippen LogP contribution in [0.25, 0.3) is 0 Å². The van der Waals surface area contributed by atoms with E-state index in [1.165, 1.54) is 0 Å². The zero-order valence-corrected chi connectivity index (χ0v) is 12.3. The number of hydrogen-bond donors (Lipinski definition) is 1. The molecule has 1 unspecified atom stereocenters. The van der Waals surface area contributed by atoms with E-state index in [9.17, 15) is 8.78 Å². The normalized spacial score (nSPS) is 12.5. The highest BCUT2D eigenvalue weighted by Crippen LogP contribution is 2.32. The van der Waals surface area contributed by atoms with E-state index in [0.29, 0.717) is 5.56 Å². The zero-order chi connectivity index (χ0) is 14.0. The molecule has 0 saturated heterocycles. The highest BCUT2D eigenvalue weighted by atomic mass is 79.9. The maximum absolute atomic E-state index is 13.7. The Labute approximate surface area is 119 Å². The second-order valence-electron chi connectivity index (χ2n) is 4.34. The summed E-state index contributed by atoms with van der Waals surface area (Å²) in [4.78, 5) is 0. The topological polar surface area (TPSA) is 12.0 Å². The second-order valence-corrected chi connectivity index (χ2v) is 5.14. The molecule has 2 aromatic carbocycles. The molecule has 100 valence electrons. The lowest BCUT2D eigenvalue weighted by molar-refractivity contribution is 0.499. The first kappa shape index (κ1) is 14.2. The van der Waals surface area contributed by atoms with Crippen LogP contribution in [0.3, 0.4) is 0 Å². The second kappa shape index (κ2) is 5.80. The predicted octanol–water partition coefficient (Wildman–Crippen LogP) is 4.34. The molecule has 0 spiro atoms. The monoisotopic (exact) mass is 325 g/mol. The van der Waals surface area contributed by atoms with Crippen LogP contribution < -0.4 is 5.32 Å². The average molecular weight is 326 g/mol. The molecule has 1 nitrogen and oxygen atoms in total. The number of aryl methyl sites for hydroxylation is 1. The molecule has 0 aromatic heterocycles. The SMILES string of the molecule is CNC(c1ccccc1C)c1ccc(F)c(F)c1Br. The Bertz CT molecular complexity index is 599. The van der Waals surface area contributed by atoms with Crippen molar-refractivity contribution in [1.29, 1.82) is 0 Å². The molecule has 4 heteroatoms. The minimum atomic E-state index is -0.855. The smallest absolute Gasteiger partial charge is 0.173 e. The number of hydrogen-bond acceptors (Lipinski definition) is 1. The lowest BCUT2D eigenvalue weighted by Crippen LogP contribution is -2.19. The first-order valence-electron chi connectivity index (χ1n) is 5.92. The van der Waals surface area contributed by atoms with Crippen molar-refractivity contribution >= 4 is 15.9 Å². The predicted molar refractivity (Wildman–Crippen MR) is 76.1 cm³/mol. The highest BCUT2D eigenvalue weighted by molar-refractivity contribution is 9.10. The van der Waals surface area contributed by atoms with Gasteiger partial charge in [0.25, 0.3) is 0 Å². The number of rotatable bonds is 3. The third-order valence-electron chi connectivity index (χ3n) is 3.16. The Morgan fingerprint density at radius 2 is 1.74 bits per heavy atom. The van der Waals surface area contributed by atoms with Gasteiger partial charge in [-0.15, -0.1) is 0 Å². The summed E-state index contributed by atoms with van der Waals surface area (Å²) in [6.07, 6.45) is 0. The van der Waals surface area contributed by atoms with Crippen LogP contribution in [0.2, 0.25) is 0 Å². The Hall–Kier alpha value is -1.26. The summed E-state index contributed by atoms with van der Waals surface area (Å²) in [6, 6.07) is 10.4. The van der Waals surface area contributed by atoms with E-state index in [0.717, 1.165) is 17.2 Å². The summed E-state index contributed by atoms with van der Waals surface area (Å²) >= 11 is 3.14. The van der Waals surface area contributed by atoms with Crippen molar-refractivity contribution in [3.05, 3.63) is 69.2 Å². The molecular formula is C15H14BrF2N. The van der Waals surface area contributed by atoms with Crippen molar-refractivity contribution in [2.75, 3.05) is 7.05 Å². The molecule has 0 saturated carbocycles. The molecule has 0 amide bonds. The van der Waals surface area contributed by atoms with Gasteiger partial charge in [0.15, 0.2) is 11.6 Å². The third kappa shape index (κ3) is 2.69. The van der Waals surface area contributed by atoms with Crippen molar-refractivity contribution in [2.24, 2.45) is 0 Å². The lowest BCUT2D eigenvalue weighted by atomic mass is 9.95. The number of benzene rings is 2. The summed E-state index contributed by atoms with van der Waals surface area (Å²) < 4.78 is 27.0. The molecule has 0 radical (unpaired) electrons. The summed E-state index contributed by atoms with van der Waals surface area (Å²) in [6.45, 7) is 1.99. The van der Waals surface area contributed by atoms with Crippen LogP contribution in [0.5, 0.6) is 0 Å². The van der Waals surface area contributed by atoms with Gasteiger partial charge in [0.2, 0.25) is 0 Å². The van der Waals surface area contributed by atoms with Crippen molar-refractivity contribution < 1.29 is 8.78 Å². The largest absolute Gasteiger partial charge is 0.309 e. The molecule has 2 aromatic rings. The van der Waals surface area contributed by atoms with E-state index >= 15 is 0 Å². The first-order chi connectivity index (χ1) is 9.06. The van der Waals surface area contributed by atoms with E-state index < -0.39 is 11.6 Å². The van der Waals surface area contributed by atoms with Crippen LogP contribution >= 0.6 is 15.9 Å². The molecule has 2 rings (SSSR count). The van der Waals surface area contributed by atoms with Crippen molar-refractivity contribution in [3.63, 3.8) is 0 Å². The Morgan fingerprint density at radius 1 is 1.05 bits per heavy atom. The lowest BCUT2D eigenvalue weighted by Gasteiger charge is -2.21. The highest BCUT2D eigenvalue weighted by Gasteiger charge is 2.20. The molecule has 1 atom stereocenters. The Balaban J connectivity index is 2.55. The first-order valence-corrected chi connectivity index (χ1v) is 6.71. The maximum atomic E-state index is 13.7. The van der Waals surface area contributed by atoms with Gasteiger partial charge in [-0.05, 0) is 52.7 Å². The molecule has 0 aliphatic heterocycles. The van der Waals surface area contributed by atoms with Crippen molar-refractivity contribution in [1.82, 2.24) is 5.32 Å². The van der Waals surface area contributed by atoms with Crippen LogP contribution in [-0.2, 0) is 0 Å². The van der Waals surface area contributed by atoms with Gasteiger partial charge in [-0.2, -0.15) is 0 Å². The van der Waals surface area contributed by atoms with E-state index in [-0.39, 0.29) is 10.5 Å². The standard InChI is InChI=1S/C15H14BrF2N/c1-9-5-3-4-6-10(9)15(19-2)11-7-8-12(17)14(18)13(11)16/h3-8,15,19H,1-2H3. The summed E-state index contributed by atoms with van der Waals surface area (Å²) in [5.41, 5.74) is 2.81. The number of halogens is 3. The van der Waals surface area contributed by atoms with E-state index in [4.69, 9.17) is 0 Å². The zero-order valence-electron chi connectivity index (χ0n) is 10.7. The van der Waals surface area contributed by atoms with Gasteiger partial charge in [-0.25, -0.2) is 8.78 Å². The van der Waals surface area contributed by atoms with Gasteiger partial charge >= 0.3 is 0 Å². The summed E-state index contributed by atoms with van der Waals surface area (Å²) in [7, 11) is 1.80. The maximum Gasteiger partial charge on any atom is 0.173 e. The fraction of sp³-hybridized carbons (Fsp3) is 0.200. The van der Waals surface area contributed by atoms with Gasteiger partial charge in [0.05, 0.1) is 10.5 Å². The van der Waals surface area contributed by atoms with Crippen LogP contribution in [-0.4, -0.2) is 7.05 Å². The van der Waals surface area contributed by atoms with Crippen LogP contribution in [0.1, 0.15) is 22.7 Å². The van der Waals surface area contributed by atoms with Crippen molar-refractivity contribution in [3.8, 4) is 0 Å². The van der Waals surface area contributed by atoms with Gasteiger partial charge < -0.3 is 5.32 Å². The number of nitrogens with one attached hydrogen (secondary N) is 1. The molecule has 1 N–H and O–H groups in total. The minimum Gasteiger partial charge on any atom is -0.309 e. The van der Waals surface area contributed by atoms with Crippen LogP contribution in [0.4, 0.5) is 8.78 Å². The third-order valence-corrected chi connectivity index (χ3v) is 3.97. The molecule has 19 heavy (non-hydrogen) atoms. The quantitative estimate of drug-likeness (QED) is 0.827. The summed E-state index contributed by atoms with van der Waals surface area (Å²) in [5, 5.41) is 3.14.